The zero-order chi connectivity index (χ0) is 14.7. The van der Waals surface area contributed by atoms with E-state index in [0.29, 0.717) is 11.6 Å². The van der Waals surface area contributed by atoms with E-state index >= 15 is 0 Å². The lowest BCUT2D eigenvalue weighted by Crippen LogP contribution is -2.23. The van der Waals surface area contributed by atoms with Crippen LogP contribution in [-0.4, -0.2) is 17.9 Å². The van der Waals surface area contributed by atoms with Crippen LogP contribution < -0.4 is 4.90 Å². The Bertz CT molecular complexity index is 749. The summed E-state index contributed by atoms with van der Waals surface area (Å²) in [6.45, 7) is 0.632. The number of aromatic amines is 1. The molecular formula is C17H15ClN2O. The molecule has 21 heavy (non-hydrogen) atoms. The van der Waals surface area contributed by atoms with Gasteiger partial charge in [-0.05, 0) is 42.3 Å². The minimum Gasteiger partial charge on any atom is -0.361 e. The fraction of sp³-hybridized carbons (Fsp3) is 0.118. The van der Waals surface area contributed by atoms with Gasteiger partial charge in [-0.3, -0.25) is 4.79 Å². The van der Waals surface area contributed by atoms with Crippen molar-refractivity contribution in [2.75, 3.05) is 11.4 Å². The molecule has 0 aliphatic rings. The van der Waals surface area contributed by atoms with Crippen LogP contribution in [0.2, 0.25) is 5.02 Å². The number of halogens is 1. The minimum absolute atomic E-state index is 0.632. The number of H-pyrrole nitrogens is 1. The number of nitrogens with zero attached hydrogens (tertiary/aromatic N) is 1. The number of carbonyl (C=O) groups is 1. The van der Waals surface area contributed by atoms with Crippen LogP contribution in [0.3, 0.4) is 0 Å². The van der Waals surface area contributed by atoms with Crippen LogP contribution in [-0.2, 0) is 11.2 Å². The molecule has 0 fully saturated rings. The summed E-state index contributed by atoms with van der Waals surface area (Å²) in [5.74, 6) is 0. The summed E-state index contributed by atoms with van der Waals surface area (Å²) < 4.78 is 0. The molecule has 0 radical (unpaired) electrons. The molecule has 0 saturated carbocycles. The first-order valence-corrected chi connectivity index (χ1v) is 7.18. The van der Waals surface area contributed by atoms with Crippen LogP contribution in [0.25, 0.3) is 10.9 Å². The molecule has 0 unspecified atom stereocenters. The molecular weight excluding hydrogens is 284 g/mol. The molecule has 0 bridgehead atoms. The van der Waals surface area contributed by atoms with Crippen LogP contribution in [0.1, 0.15) is 5.56 Å². The Morgan fingerprint density at radius 1 is 1.10 bits per heavy atom. The molecule has 3 rings (SSSR count). The van der Waals surface area contributed by atoms with Crippen molar-refractivity contribution in [1.82, 2.24) is 4.98 Å². The van der Waals surface area contributed by atoms with Crippen LogP contribution in [0.5, 0.6) is 0 Å². The van der Waals surface area contributed by atoms with E-state index in [9.17, 15) is 4.79 Å². The van der Waals surface area contributed by atoms with Crippen molar-refractivity contribution in [2.24, 2.45) is 0 Å². The molecule has 0 aliphatic carbocycles. The summed E-state index contributed by atoms with van der Waals surface area (Å²) in [5, 5.41) is 1.88. The van der Waals surface area contributed by atoms with E-state index in [-0.39, 0.29) is 0 Å². The summed E-state index contributed by atoms with van der Waals surface area (Å²) in [7, 11) is 0. The van der Waals surface area contributed by atoms with Gasteiger partial charge in [-0.15, -0.1) is 0 Å². The quantitative estimate of drug-likeness (QED) is 0.709. The van der Waals surface area contributed by atoms with Gasteiger partial charge in [-0.1, -0.05) is 29.8 Å². The molecule has 4 heteroatoms. The molecule has 0 atom stereocenters. The van der Waals surface area contributed by atoms with Gasteiger partial charge in [0.25, 0.3) is 0 Å². The molecule has 106 valence electrons. The average molecular weight is 299 g/mol. The predicted octanol–water partition coefficient (Wildman–Crippen LogP) is 4.03. The van der Waals surface area contributed by atoms with Crippen LogP contribution >= 0.6 is 11.6 Å². The Labute approximate surface area is 128 Å². The lowest BCUT2D eigenvalue weighted by molar-refractivity contribution is -0.107. The first kappa shape index (κ1) is 13.7. The van der Waals surface area contributed by atoms with Crippen molar-refractivity contribution in [3.8, 4) is 0 Å². The standard InChI is InChI=1S/C17H15ClN2O/c18-14-5-7-15(8-6-14)20(12-21)10-9-13-11-19-17-4-2-1-3-16(13)17/h1-8,11-12,19H,9-10H2. The highest BCUT2D eigenvalue weighted by atomic mass is 35.5. The van der Waals surface area contributed by atoms with Crippen molar-refractivity contribution in [1.29, 1.82) is 0 Å². The van der Waals surface area contributed by atoms with Gasteiger partial charge >= 0.3 is 0 Å². The van der Waals surface area contributed by atoms with E-state index in [1.807, 2.05) is 30.5 Å². The van der Waals surface area contributed by atoms with Gasteiger partial charge in [0.2, 0.25) is 6.41 Å². The van der Waals surface area contributed by atoms with Gasteiger partial charge in [0.05, 0.1) is 0 Å². The number of hydrogen-bond donors (Lipinski definition) is 1. The van der Waals surface area contributed by atoms with Crippen LogP contribution in [0, 0.1) is 0 Å². The van der Waals surface area contributed by atoms with Gasteiger partial charge in [0, 0.05) is 34.4 Å². The number of carbonyl (C=O) groups excluding carboxylic acids is 1. The molecule has 0 saturated heterocycles. The van der Waals surface area contributed by atoms with Gasteiger partial charge in [-0.25, -0.2) is 0 Å². The highest BCUT2D eigenvalue weighted by Gasteiger charge is 2.08. The number of fused-ring (bicyclic) bond motifs is 1. The van der Waals surface area contributed by atoms with E-state index in [2.05, 4.69) is 17.1 Å². The Balaban J connectivity index is 1.76. The highest BCUT2D eigenvalue weighted by Crippen LogP contribution is 2.20. The van der Waals surface area contributed by atoms with Crippen molar-refractivity contribution in [2.45, 2.75) is 6.42 Å². The summed E-state index contributed by atoms with van der Waals surface area (Å²) in [6.07, 6.45) is 3.67. The summed E-state index contributed by atoms with van der Waals surface area (Å²) >= 11 is 5.87. The fourth-order valence-corrected chi connectivity index (χ4v) is 2.58. The normalized spacial score (nSPS) is 10.7. The number of anilines is 1. The smallest absolute Gasteiger partial charge is 0.214 e. The Hall–Kier alpha value is -2.26. The van der Waals surface area contributed by atoms with Crippen molar-refractivity contribution in [3.05, 3.63) is 65.3 Å². The van der Waals surface area contributed by atoms with E-state index in [1.54, 1.807) is 17.0 Å². The number of para-hydroxylation sites is 1. The monoisotopic (exact) mass is 298 g/mol. The lowest BCUT2D eigenvalue weighted by Gasteiger charge is -2.17. The zero-order valence-corrected chi connectivity index (χ0v) is 12.2. The van der Waals surface area contributed by atoms with Crippen LogP contribution in [0.4, 0.5) is 5.69 Å². The zero-order valence-electron chi connectivity index (χ0n) is 11.4. The number of aromatic nitrogens is 1. The number of nitrogens with one attached hydrogen (secondary N) is 1. The fourth-order valence-electron chi connectivity index (χ4n) is 2.45. The second-order valence-electron chi connectivity index (χ2n) is 4.88. The molecule has 0 aliphatic heterocycles. The largest absolute Gasteiger partial charge is 0.361 e. The third kappa shape index (κ3) is 2.93. The van der Waals surface area contributed by atoms with Gasteiger partial charge in [0.1, 0.15) is 0 Å². The van der Waals surface area contributed by atoms with Gasteiger partial charge in [0.15, 0.2) is 0 Å². The highest BCUT2D eigenvalue weighted by molar-refractivity contribution is 6.30. The van der Waals surface area contributed by atoms with E-state index in [0.717, 1.165) is 24.0 Å². The Morgan fingerprint density at radius 3 is 2.62 bits per heavy atom. The average Bonchev–Trinajstić information content (AvgIpc) is 2.93. The molecule has 3 aromatic rings. The van der Waals surface area contributed by atoms with Crippen LogP contribution in [0.15, 0.2) is 54.7 Å². The predicted molar refractivity (Wildman–Crippen MR) is 86.9 cm³/mol. The SMILES string of the molecule is O=CN(CCc1c[nH]c2ccccc12)c1ccc(Cl)cc1. The summed E-state index contributed by atoms with van der Waals surface area (Å²) in [5.41, 5.74) is 3.19. The van der Waals surface area contributed by atoms with E-state index < -0.39 is 0 Å². The maximum Gasteiger partial charge on any atom is 0.214 e. The van der Waals surface area contributed by atoms with Gasteiger partial charge < -0.3 is 9.88 Å². The van der Waals surface area contributed by atoms with Crippen molar-refractivity contribution >= 4 is 34.6 Å². The number of amides is 1. The van der Waals surface area contributed by atoms with E-state index in [4.69, 9.17) is 11.6 Å². The molecule has 2 aromatic carbocycles. The first-order valence-electron chi connectivity index (χ1n) is 6.80. The number of hydrogen-bond acceptors (Lipinski definition) is 1. The Morgan fingerprint density at radius 2 is 1.86 bits per heavy atom. The molecule has 0 spiro atoms. The van der Waals surface area contributed by atoms with Crippen molar-refractivity contribution in [3.63, 3.8) is 0 Å². The summed E-state index contributed by atoms with van der Waals surface area (Å²) in [4.78, 5) is 16.2. The maximum absolute atomic E-state index is 11.3. The third-order valence-electron chi connectivity index (χ3n) is 3.58. The second kappa shape index (κ2) is 6.02. The molecule has 1 aromatic heterocycles. The number of rotatable bonds is 5. The van der Waals surface area contributed by atoms with Gasteiger partial charge in [-0.2, -0.15) is 0 Å². The molecule has 1 heterocycles. The Kier molecular flexibility index (Phi) is 3.93. The summed E-state index contributed by atoms with van der Waals surface area (Å²) in [6, 6.07) is 15.5. The minimum atomic E-state index is 0.632. The molecule has 1 N–H and O–H groups in total. The second-order valence-corrected chi connectivity index (χ2v) is 5.32. The topological polar surface area (TPSA) is 36.1 Å². The molecule has 1 amide bonds. The first-order chi connectivity index (χ1) is 10.3. The molecule has 3 nitrogen and oxygen atoms in total. The number of benzene rings is 2. The lowest BCUT2D eigenvalue weighted by atomic mass is 10.1. The third-order valence-corrected chi connectivity index (χ3v) is 3.83. The van der Waals surface area contributed by atoms with Crippen molar-refractivity contribution < 1.29 is 4.79 Å². The maximum atomic E-state index is 11.3. The van der Waals surface area contributed by atoms with E-state index in [1.165, 1.54) is 10.9 Å².